The number of nitrogens with zero attached hydrogens (tertiary/aromatic N) is 1. The quantitative estimate of drug-likeness (QED) is 0.362. The summed E-state index contributed by atoms with van der Waals surface area (Å²) in [6.45, 7) is 7.78. The molecule has 7 heteroatoms. The maximum Gasteiger partial charge on any atom is 0.407 e. The largest absolute Gasteiger partial charge is 0.465 e. The Balaban J connectivity index is 1.90. The Morgan fingerprint density at radius 2 is 1.73 bits per heavy atom. The van der Waals surface area contributed by atoms with E-state index in [4.69, 9.17) is 0 Å². The summed E-state index contributed by atoms with van der Waals surface area (Å²) in [4.78, 5) is 27.4. The van der Waals surface area contributed by atoms with Gasteiger partial charge in [-0.25, -0.2) is 4.79 Å². The first-order valence-electron chi connectivity index (χ1n) is 10.8. The SMILES string of the molecule is Cc1ccc(-c2c(Br)csc2C(=O)NC(Cc2ccccc2)CN(C(=O)O)C(C)(C)C)cc1. The number of carboxylic acid groups (broad SMARTS) is 1. The number of carbonyl (C=O) groups is 2. The van der Waals surface area contributed by atoms with Crippen LogP contribution in [0.15, 0.2) is 64.5 Å². The molecule has 5 nitrogen and oxygen atoms in total. The van der Waals surface area contributed by atoms with Gasteiger partial charge in [-0.05, 0) is 61.2 Å². The Labute approximate surface area is 207 Å². The minimum absolute atomic E-state index is 0.186. The van der Waals surface area contributed by atoms with Crippen molar-refractivity contribution in [1.82, 2.24) is 10.2 Å². The zero-order valence-electron chi connectivity index (χ0n) is 19.3. The van der Waals surface area contributed by atoms with E-state index in [9.17, 15) is 14.7 Å². The van der Waals surface area contributed by atoms with Gasteiger partial charge in [0.2, 0.25) is 0 Å². The average molecular weight is 530 g/mol. The molecule has 0 aliphatic heterocycles. The molecule has 0 aliphatic carbocycles. The van der Waals surface area contributed by atoms with Gasteiger partial charge in [0.05, 0.1) is 6.04 Å². The van der Waals surface area contributed by atoms with Gasteiger partial charge < -0.3 is 15.3 Å². The second-order valence-corrected chi connectivity index (χ2v) is 10.8. The Morgan fingerprint density at radius 1 is 1.09 bits per heavy atom. The number of amides is 2. The molecule has 174 valence electrons. The fraction of sp³-hybridized carbons (Fsp3) is 0.308. The van der Waals surface area contributed by atoms with Crippen molar-refractivity contribution >= 4 is 39.3 Å². The first-order chi connectivity index (χ1) is 15.6. The van der Waals surface area contributed by atoms with Crippen LogP contribution in [0, 0.1) is 6.92 Å². The predicted octanol–water partition coefficient (Wildman–Crippen LogP) is 6.61. The molecule has 3 aromatic rings. The van der Waals surface area contributed by atoms with Crippen LogP contribution in [0.25, 0.3) is 11.1 Å². The van der Waals surface area contributed by atoms with E-state index >= 15 is 0 Å². The Morgan fingerprint density at radius 3 is 2.30 bits per heavy atom. The molecule has 1 heterocycles. The highest BCUT2D eigenvalue weighted by Gasteiger charge is 2.30. The summed E-state index contributed by atoms with van der Waals surface area (Å²) in [5.74, 6) is -0.207. The second-order valence-electron chi connectivity index (χ2n) is 9.08. The second kappa shape index (κ2) is 10.5. The van der Waals surface area contributed by atoms with Crippen LogP contribution in [-0.4, -0.2) is 40.1 Å². The summed E-state index contributed by atoms with van der Waals surface area (Å²) < 4.78 is 0.864. The van der Waals surface area contributed by atoms with Crippen molar-refractivity contribution in [2.75, 3.05) is 6.54 Å². The third-order valence-corrected chi connectivity index (χ3v) is 7.30. The van der Waals surface area contributed by atoms with Crippen molar-refractivity contribution in [2.45, 2.75) is 45.7 Å². The summed E-state index contributed by atoms with van der Waals surface area (Å²) in [7, 11) is 0. The number of thiophene rings is 1. The number of carbonyl (C=O) groups excluding carboxylic acids is 1. The third-order valence-electron chi connectivity index (χ3n) is 5.40. The average Bonchev–Trinajstić information content (AvgIpc) is 3.13. The highest BCUT2D eigenvalue weighted by atomic mass is 79.9. The van der Waals surface area contributed by atoms with Crippen LogP contribution in [0.3, 0.4) is 0 Å². The Kier molecular flexibility index (Phi) is 7.97. The zero-order chi connectivity index (χ0) is 24.2. The van der Waals surface area contributed by atoms with Crippen LogP contribution in [0.1, 0.15) is 41.6 Å². The van der Waals surface area contributed by atoms with Crippen LogP contribution < -0.4 is 5.32 Å². The minimum atomic E-state index is -1.01. The fourth-order valence-corrected chi connectivity index (χ4v) is 5.35. The maximum atomic E-state index is 13.4. The Bertz CT molecular complexity index is 1100. The van der Waals surface area contributed by atoms with Crippen molar-refractivity contribution < 1.29 is 14.7 Å². The first kappa shape index (κ1) is 25.0. The number of hydrogen-bond acceptors (Lipinski definition) is 3. The molecule has 1 unspecified atom stereocenters. The van der Waals surface area contributed by atoms with Crippen LogP contribution in [0.4, 0.5) is 4.79 Å². The topological polar surface area (TPSA) is 69.6 Å². The van der Waals surface area contributed by atoms with E-state index in [1.54, 1.807) is 0 Å². The van der Waals surface area contributed by atoms with Gasteiger partial charge in [0.15, 0.2) is 0 Å². The lowest BCUT2D eigenvalue weighted by atomic mass is 10.0. The third kappa shape index (κ3) is 6.45. The van der Waals surface area contributed by atoms with E-state index in [2.05, 4.69) is 21.2 Å². The van der Waals surface area contributed by atoms with E-state index in [0.29, 0.717) is 11.3 Å². The molecule has 33 heavy (non-hydrogen) atoms. The van der Waals surface area contributed by atoms with Gasteiger partial charge in [0, 0.05) is 27.5 Å². The van der Waals surface area contributed by atoms with Crippen LogP contribution in [0.5, 0.6) is 0 Å². The number of rotatable bonds is 7. The minimum Gasteiger partial charge on any atom is -0.465 e. The summed E-state index contributed by atoms with van der Waals surface area (Å²) in [6, 6.07) is 17.5. The lowest BCUT2D eigenvalue weighted by Gasteiger charge is -2.36. The fourth-order valence-electron chi connectivity index (χ4n) is 3.66. The number of hydrogen-bond donors (Lipinski definition) is 2. The van der Waals surface area contributed by atoms with Gasteiger partial charge in [-0.1, -0.05) is 60.2 Å². The monoisotopic (exact) mass is 528 g/mol. The molecule has 2 N–H and O–H groups in total. The van der Waals surface area contributed by atoms with Gasteiger partial charge in [0.1, 0.15) is 4.88 Å². The number of nitrogens with one attached hydrogen (secondary N) is 1. The van der Waals surface area contributed by atoms with E-state index in [1.165, 1.54) is 16.2 Å². The molecule has 0 saturated heterocycles. The summed E-state index contributed by atoms with van der Waals surface area (Å²) in [5, 5.41) is 14.8. The molecule has 0 aliphatic rings. The molecule has 3 rings (SSSR count). The Hall–Kier alpha value is -2.64. The molecule has 2 aromatic carbocycles. The zero-order valence-corrected chi connectivity index (χ0v) is 21.7. The van der Waals surface area contributed by atoms with Gasteiger partial charge in [-0.3, -0.25) is 4.79 Å². The molecular weight excluding hydrogens is 500 g/mol. The van der Waals surface area contributed by atoms with E-state index in [1.807, 2.05) is 87.7 Å². The molecule has 1 atom stereocenters. The molecule has 1 aromatic heterocycles. The molecule has 0 fully saturated rings. The first-order valence-corrected chi connectivity index (χ1v) is 12.4. The van der Waals surface area contributed by atoms with Gasteiger partial charge >= 0.3 is 6.09 Å². The van der Waals surface area contributed by atoms with Crippen molar-refractivity contribution in [3.8, 4) is 11.1 Å². The van der Waals surface area contributed by atoms with Crippen LogP contribution >= 0.6 is 27.3 Å². The van der Waals surface area contributed by atoms with Gasteiger partial charge in [-0.2, -0.15) is 0 Å². The molecule has 0 bridgehead atoms. The van der Waals surface area contributed by atoms with Crippen LogP contribution in [-0.2, 0) is 6.42 Å². The highest BCUT2D eigenvalue weighted by Crippen LogP contribution is 2.36. The van der Waals surface area contributed by atoms with Crippen molar-refractivity contribution in [1.29, 1.82) is 0 Å². The molecule has 0 spiro atoms. The summed E-state index contributed by atoms with van der Waals surface area (Å²) in [5.41, 5.74) is 3.40. The smallest absolute Gasteiger partial charge is 0.407 e. The van der Waals surface area contributed by atoms with Crippen molar-refractivity contribution in [3.63, 3.8) is 0 Å². The normalized spacial score (nSPS) is 12.3. The summed E-state index contributed by atoms with van der Waals surface area (Å²) >= 11 is 4.96. The van der Waals surface area contributed by atoms with E-state index in [-0.39, 0.29) is 18.5 Å². The lowest BCUT2D eigenvalue weighted by Crippen LogP contribution is -2.53. The van der Waals surface area contributed by atoms with Crippen molar-refractivity contribution in [3.05, 3.63) is 80.5 Å². The molecule has 2 amide bonds. The highest BCUT2D eigenvalue weighted by molar-refractivity contribution is 9.10. The van der Waals surface area contributed by atoms with Gasteiger partial charge in [0.25, 0.3) is 5.91 Å². The molecule has 0 radical (unpaired) electrons. The molecule has 0 saturated carbocycles. The lowest BCUT2D eigenvalue weighted by molar-refractivity contribution is 0.0825. The number of halogens is 1. The van der Waals surface area contributed by atoms with Gasteiger partial charge in [-0.15, -0.1) is 11.3 Å². The van der Waals surface area contributed by atoms with E-state index in [0.717, 1.165) is 26.7 Å². The maximum absolute atomic E-state index is 13.4. The predicted molar refractivity (Wildman–Crippen MR) is 138 cm³/mol. The summed E-state index contributed by atoms with van der Waals surface area (Å²) in [6.07, 6.45) is -0.479. The molecular formula is C26H29BrN2O3S. The number of benzene rings is 2. The standard InChI is InChI=1S/C26H29BrN2O3S/c1-17-10-12-19(13-11-17)22-21(27)16-33-23(22)24(30)28-20(14-18-8-6-5-7-9-18)15-29(25(31)32)26(2,3)4/h5-13,16,20H,14-15H2,1-4H3,(H,28,30)(H,31,32). The van der Waals surface area contributed by atoms with E-state index < -0.39 is 11.6 Å². The number of aryl methyl sites for hydroxylation is 1. The van der Waals surface area contributed by atoms with Crippen molar-refractivity contribution in [2.24, 2.45) is 0 Å². The van der Waals surface area contributed by atoms with Crippen LogP contribution in [0.2, 0.25) is 0 Å².